The van der Waals surface area contributed by atoms with E-state index in [2.05, 4.69) is 16.8 Å². The Hall–Kier alpha value is -0.870. The molecule has 3 N–H and O–H groups in total. The Bertz CT molecular complexity index is 217. The number of piperazine rings is 1. The molecule has 2 atom stereocenters. The summed E-state index contributed by atoms with van der Waals surface area (Å²) in [6, 6.07) is 0.144. The Labute approximate surface area is 85.1 Å². The van der Waals surface area contributed by atoms with Crippen molar-refractivity contribution < 1.29 is 4.79 Å². The second-order valence-corrected chi connectivity index (χ2v) is 3.75. The van der Waals surface area contributed by atoms with Crippen LogP contribution in [0.3, 0.4) is 0 Å². The van der Waals surface area contributed by atoms with Gasteiger partial charge in [-0.1, -0.05) is 6.08 Å². The molecule has 1 saturated heterocycles. The van der Waals surface area contributed by atoms with Crippen molar-refractivity contribution in [1.82, 2.24) is 10.2 Å². The van der Waals surface area contributed by atoms with Gasteiger partial charge in [0, 0.05) is 19.1 Å². The van der Waals surface area contributed by atoms with Crippen molar-refractivity contribution in [3.8, 4) is 0 Å². The van der Waals surface area contributed by atoms with Crippen molar-refractivity contribution in [1.29, 1.82) is 0 Å². The van der Waals surface area contributed by atoms with Crippen molar-refractivity contribution in [3.05, 3.63) is 12.7 Å². The minimum atomic E-state index is -0.0748. The van der Waals surface area contributed by atoms with E-state index in [1.165, 1.54) is 0 Å². The number of carbonyl (C=O) groups is 1. The Morgan fingerprint density at radius 1 is 1.79 bits per heavy atom. The van der Waals surface area contributed by atoms with E-state index in [1.54, 1.807) is 0 Å². The van der Waals surface area contributed by atoms with Gasteiger partial charge in [-0.3, -0.25) is 9.69 Å². The van der Waals surface area contributed by atoms with Gasteiger partial charge in [-0.05, 0) is 19.9 Å². The molecule has 0 saturated carbocycles. The zero-order valence-electron chi connectivity index (χ0n) is 8.70. The lowest BCUT2D eigenvalue weighted by atomic mass is 10.1. The molecule has 2 unspecified atom stereocenters. The number of carbonyl (C=O) groups excluding carboxylic acids is 1. The number of nitrogens with two attached hydrogens (primary N) is 1. The van der Waals surface area contributed by atoms with Crippen LogP contribution in [0.2, 0.25) is 0 Å². The maximum Gasteiger partial charge on any atom is 0.237 e. The van der Waals surface area contributed by atoms with E-state index in [0.29, 0.717) is 13.0 Å². The zero-order chi connectivity index (χ0) is 10.6. The molecule has 4 heteroatoms. The SMILES string of the molecule is C=CCN1CC(C)NC(=O)C1CCN. The standard InChI is InChI=1S/C10H19N3O/c1-3-6-13-7-8(2)12-10(14)9(13)4-5-11/h3,8-9H,1,4-7,11H2,2H3,(H,12,14). The topological polar surface area (TPSA) is 58.4 Å². The molecule has 1 rings (SSSR count). The third-order valence-corrected chi connectivity index (χ3v) is 2.44. The lowest BCUT2D eigenvalue weighted by molar-refractivity contribution is -0.130. The summed E-state index contributed by atoms with van der Waals surface area (Å²) in [6.07, 6.45) is 2.54. The Kier molecular flexibility index (Phi) is 4.10. The van der Waals surface area contributed by atoms with Crippen LogP contribution >= 0.6 is 0 Å². The van der Waals surface area contributed by atoms with Crippen LogP contribution in [-0.4, -0.2) is 42.5 Å². The maximum atomic E-state index is 11.6. The third-order valence-electron chi connectivity index (χ3n) is 2.44. The number of rotatable bonds is 4. The van der Waals surface area contributed by atoms with Gasteiger partial charge in [-0.25, -0.2) is 0 Å². The molecule has 0 aromatic carbocycles. The fraction of sp³-hybridized carbons (Fsp3) is 0.700. The predicted molar refractivity (Wildman–Crippen MR) is 56.8 cm³/mol. The van der Waals surface area contributed by atoms with Gasteiger partial charge >= 0.3 is 0 Å². The van der Waals surface area contributed by atoms with E-state index in [0.717, 1.165) is 13.1 Å². The number of amides is 1. The fourth-order valence-corrected chi connectivity index (χ4v) is 1.87. The molecule has 0 radical (unpaired) electrons. The number of nitrogens with one attached hydrogen (secondary N) is 1. The molecule has 0 aliphatic carbocycles. The molecule has 0 aromatic heterocycles. The number of hydrogen-bond acceptors (Lipinski definition) is 3. The fourth-order valence-electron chi connectivity index (χ4n) is 1.87. The van der Waals surface area contributed by atoms with Crippen molar-refractivity contribution in [3.63, 3.8) is 0 Å². The molecule has 80 valence electrons. The van der Waals surface area contributed by atoms with Gasteiger partial charge in [0.1, 0.15) is 0 Å². The van der Waals surface area contributed by atoms with Gasteiger partial charge in [-0.15, -0.1) is 6.58 Å². The van der Waals surface area contributed by atoms with E-state index < -0.39 is 0 Å². The molecule has 1 aliphatic rings. The Balaban J connectivity index is 2.64. The molecular formula is C10H19N3O. The predicted octanol–water partition coefficient (Wildman–Crippen LogP) is -0.290. The number of nitrogens with zero attached hydrogens (tertiary/aromatic N) is 1. The van der Waals surface area contributed by atoms with E-state index in [4.69, 9.17) is 5.73 Å². The molecule has 0 aromatic rings. The highest BCUT2D eigenvalue weighted by atomic mass is 16.2. The van der Waals surface area contributed by atoms with Crippen LogP contribution in [0.1, 0.15) is 13.3 Å². The van der Waals surface area contributed by atoms with Gasteiger partial charge in [0.2, 0.25) is 5.91 Å². The lowest BCUT2D eigenvalue weighted by Gasteiger charge is -2.37. The molecule has 1 aliphatic heterocycles. The molecule has 14 heavy (non-hydrogen) atoms. The summed E-state index contributed by atoms with van der Waals surface area (Å²) in [5.74, 6) is 0.0936. The van der Waals surface area contributed by atoms with Crippen LogP contribution in [0.15, 0.2) is 12.7 Å². The summed E-state index contributed by atoms with van der Waals surface area (Å²) in [4.78, 5) is 13.8. The largest absolute Gasteiger partial charge is 0.351 e. The molecule has 1 heterocycles. The van der Waals surface area contributed by atoms with Gasteiger partial charge < -0.3 is 11.1 Å². The average Bonchev–Trinajstić information content (AvgIpc) is 2.11. The molecule has 1 fully saturated rings. The van der Waals surface area contributed by atoms with Crippen molar-refractivity contribution in [2.75, 3.05) is 19.6 Å². The molecule has 4 nitrogen and oxygen atoms in total. The molecule has 0 spiro atoms. The van der Waals surface area contributed by atoms with E-state index in [-0.39, 0.29) is 18.0 Å². The van der Waals surface area contributed by atoms with Crippen LogP contribution < -0.4 is 11.1 Å². The van der Waals surface area contributed by atoms with Crippen molar-refractivity contribution in [2.24, 2.45) is 5.73 Å². The minimum absolute atomic E-state index is 0.0748. The highest BCUT2D eigenvalue weighted by Crippen LogP contribution is 2.10. The van der Waals surface area contributed by atoms with Gasteiger partial charge in [0.25, 0.3) is 0 Å². The normalized spacial score (nSPS) is 28.6. The van der Waals surface area contributed by atoms with Crippen LogP contribution in [-0.2, 0) is 4.79 Å². The monoisotopic (exact) mass is 197 g/mol. The highest BCUT2D eigenvalue weighted by Gasteiger charge is 2.30. The summed E-state index contributed by atoms with van der Waals surface area (Å²) >= 11 is 0. The summed E-state index contributed by atoms with van der Waals surface area (Å²) < 4.78 is 0. The number of hydrogen-bond donors (Lipinski definition) is 2. The van der Waals surface area contributed by atoms with Crippen molar-refractivity contribution in [2.45, 2.75) is 25.4 Å². The Morgan fingerprint density at radius 3 is 3.07 bits per heavy atom. The first-order valence-electron chi connectivity index (χ1n) is 5.04. The molecule has 1 amide bonds. The van der Waals surface area contributed by atoms with Crippen LogP contribution in [0.5, 0.6) is 0 Å². The van der Waals surface area contributed by atoms with Gasteiger partial charge in [-0.2, -0.15) is 0 Å². The van der Waals surface area contributed by atoms with Crippen LogP contribution in [0.25, 0.3) is 0 Å². The summed E-state index contributed by atoms with van der Waals surface area (Å²) in [5, 5.41) is 2.93. The van der Waals surface area contributed by atoms with E-state index in [9.17, 15) is 4.79 Å². The second kappa shape index (κ2) is 5.12. The molecule has 0 bridgehead atoms. The Morgan fingerprint density at radius 2 is 2.50 bits per heavy atom. The smallest absolute Gasteiger partial charge is 0.237 e. The first-order valence-corrected chi connectivity index (χ1v) is 5.04. The zero-order valence-corrected chi connectivity index (χ0v) is 8.70. The summed E-state index contributed by atoms with van der Waals surface area (Å²) in [6.45, 7) is 7.87. The lowest BCUT2D eigenvalue weighted by Crippen LogP contribution is -2.59. The minimum Gasteiger partial charge on any atom is -0.351 e. The summed E-state index contributed by atoms with van der Waals surface area (Å²) in [5.41, 5.74) is 5.48. The second-order valence-electron chi connectivity index (χ2n) is 3.75. The first kappa shape index (κ1) is 11.2. The molecular weight excluding hydrogens is 178 g/mol. The van der Waals surface area contributed by atoms with Crippen molar-refractivity contribution >= 4 is 5.91 Å². The first-order chi connectivity index (χ1) is 6.69. The third kappa shape index (κ3) is 2.56. The maximum absolute atomic E-state index is 11.6. The van der Waals surface area contributed by atoms with Gasteiger partial charge in [0.15, 0.2) is 0 Å². The van der Waals surface area contributed by atoms with E-state index >= 15 is 0 Å². The quantitative estimate of drug-likeness (QED) is 0.609. The van der Waals surface area contributed by atoms with Crippen LogP contribution in [0, 0.1) is 0 Å². The van der Waals surface area contributed by atoms with Crippen LogP contribution in [0.4, 0.5) is 0 Å². The van der Waals surface area contributed by atoms with Gasteiger partial charge in [0.05, 0.1) is 6.04 Å². The highest BCUT2D eigenvalue weighted by molar-refractivity contribution is 5.82. The average molecular weight is 197 g/mol. The summed E-state index contributed by atoms with van der Waals surface area (Å²) in [7, 11) is 0. The van der Waals surface area contributed by atoms with E-state index in [1.807, 2.05) is 13.0 Å².